The molecular weight excluding hydrogens is 315 g/mol. The van der Waals surface area contributed by atoms with E-state index in [1.54, 1.807) is 0 Å². The smallest absolute Gasteiger partial charge is 0.195 e. The van der Waals surface area contributed by atoms with Gasteiger partial charge in [0.05, 0.1) is 6.67 Å². The Kier molecular flexibility index (Phi) is 16.6. The topological polar surface area (TPSA) is 9.23 Å². The molecule has 0 radical (unpaired) electrons. The van der Waals surface area contributed by atoms with Crippen molar-refractivity contribution in [2.24, 2.45) is 0 Å². The Hall–Kier alpha value is 0.107. The van der Waals surface area contributed by atoms with E-state index in [0.717, 1.165) is 18.5 Å². The van der Waals surface area contributed by atoms with Gasteiger partial charge in [0.2, 0.25) is 0 Å². The van der Waals surface area contributed by atoms with Crippen molar-refractivity contribution in [2.75, 3.05) is 6.67 Å². The van der Waals surface area contributed by atoms with Crippen molar-refractivity contribution in [2.45, 2.75) is 129 Å². The summed E-state index contributed by atoms with van der Waals surface area (Å²) in [4.78, 5) is 0. The Balaban J connectivity index is 3.56. The highest BCUT2D eigenvalue weighted by Crippen LogP contribution is 2.25. The maximum atomic E-state index is 12.8. The summed E-state index contributed by atoms with van der Waals surface area (Å²) >= 11 is 0. The lowest BCUT2D eigenvalue weighted by molar-refractivity contribution is 0.189. The van der Waals surface area contributed by atoms with Crippen LogP contribution in [0.3, 0.4) is 0 Å². The molecule has 0 heterocycles. The summed E-state index contributed by atoms with van der Waals surface area (Å²) in [5.74, 6) is 0. The van der Waals surface area contributed by atoms with Gasteiger partial charge in [-0.05, 0) is 31.5 Å². The lowest BCUT2D eigenvalue weighted by Gasteiger charge is -2.32. The van der Waals surface area contributed by atoms with E-state index in [2.05, 4.69) is 27.7 Å². The molecule has 24 heavy (non-hydrogen) atoms. The lowest BCUT2D eigenvalue weighted by atomic mass is 10.0. The van der Waals surface area contributed by atoms with Crippen LogP contribution in [-0.2, 0) is 4.43 Å². The molecule has 0 saturated carbocycles. The zero-order chi connectivity index (χ0) is 18.1. The number of alkyl halides is 1. The second kappa shape index (κ2) is 16.6. The third-order valence-corrected chi connectivity index (χ3v) is 10.1. The number of hydrogen-bond donors (Lipinski definition) is 0. The summed E-state index contributed by atoms with van der Waals surface area (Å²) in [5, 5.41) is 0. The summed E-state index contributed by atoms with van der Waals surface area (Å²) in [6.07, 6.45) is 16.7. The first-order chi connectivity index (χ1) is 11.6. The van der Waals surface area contributed by atoms with Crippen LogP contribution in [0.25, 0.3) is 0 Å². The van der Waals surface area contributed by atoms with Crippen LogP contribution in [0.1, 0.15) is 105 Å². The van der Waals surface area contributed by atoms with Gasteiger partial charge in [-0.25, -0.2) is 0 Å². The minimum atomic E-state index is -1.78. The highest BCUT2D eigenvalue weighted by Gasteiger charge is 2.32. The first-order valence-corrected chi connectivity index (χ1v) is 13.4. The average Bonchev–Trinajstić information content (AvgIpc) is 2.59. The van der Waals surface area contributed by atoms with E-state index in [1.807, 2.05) is 0 Å². The van der Waals surface area contributed by atoms with Crippen LogP contribution in [0.2, 0.25) is 18.1 Å². The van der Waals surface area contributed by atoms with Crippen LogP contribution in [0, 0.1) is 0 Å². The third-order valence-electron chi connectivity index (χ3n) is 5.50. The molecular formula is C21H45FOSi. The summed E-state index contributed by atoms with van der Waals surface area (Å²) < 4.78 is 19.2. The van der Waals surface area contributed by atoms with Crippen molar-refractivity contribution in [1.29, 1.82) is 0 Å². The maximum absolute atomic E-state index is 12.8. The number of rotatable bonds is 18. The van der Waals surface area contributed by atoms with Gasteiger partial charge < -0.3 is 4.43 Å². The molecule has 0 aliphatic carbocycles. The normalized spacial score (nSPS) is 13.4. The van der Waals surface area contributed by atoms with Crippen molar-refractivity contribution in [3.63, 3.8) is 0 Å². The summed E-state index contributed by atoms with van der Waals surface area (Å²) in [5.41, 5.74) is 0. The Bertz CT molecular complexity index is 256. The van der Waals surface area contributed by atoms with Crippen molar-refractivity contribution < 1.29 is 8.82 Å². The molecule has 0 aromatic carbocycles. The summed E-state index contributed by atoms with van der Waals surface area (Å²) in [6.45, 7) is 8.63. The molecule has 1 nitrogen and oxygen atoms in total. The molecule has 1 atom stereocenters. The molecule has 0 N–H and O–H groups in total. The highest BCUT2D eigenvalue weighted by atomic mass is 28.4. The summed E-state index contributed by atoms with van der Waals surface area (Å²) in [7, 11) is -1.78. The van der Waals surface area contributed by atoms with Gasteiger partial charge in [-0.15, -0.1) is 0 Å². The number of halogens is 1. The number of hydrogen-bond acceptors (Lipinski definition) is 1. The average molecular weight is 361 g/mol. The molecule has 0 bridgehead atoms. The summed E-state index contributed by atoms with van der Waals surface area (Å²) in [6, 6.07) is 2.79. The monoisotopic (exact) mass is 360 g/mol. The first-order valence-electron chi connectivity index (χ1n) is 10.9. The fourth-order valence-corrected chi connectivity index (χ4v) is 6.56. The van der Waals surface area contributed by atoms with Crippen LogP contribution in [-0.4, -0.2) is 21.1 Å². The first kappa shape index (κ1) is 24.1. The van der Waals surface area contributed by atoms with Crippen molar-refractivity contribution in [1.82, 2.24) is 0 Å². The number of unbranched alkanes of at least 4 members (excludes halogenated alkanes) is 10. The highest BCUT2D eigenvalue weighted by molar-refractivity contribution is 6.73. The molecule has 0 saturated heterocycles. The van der Waals surface area contributed by atoms with Crippen LogP contribution in [0.15, 0.2) is 0 Å². The van der Waals surface area contributed by atoms with Gasteiger partial charge in [0, 0.05) is 6.10 Å². The van der Waals surface area contributed by atoms with E-state index in [9.17, 15) is 4.39 Å². The van der Waals surface area contributed by atoms with Gasteiger partial charge in [-0.1, -0.05) is 91.4 Å². The fourth-order valence-electron chi connectivity index (χ4n) is 3.58. The van der Waals surface area contributed by atoms with E-state index < -0.39 is 8.32 Å². The molecule has 0 fully saturated rings. The Morgan fingerprint density at radius 1 is 0.750 bits per heavy atom. The molecule has 0 spiro atoms. The second-order valence-corrected chi connectivity index (χ2v) is 12.1. The minimum Gasteiger partial charge on any atom is -0.414 e. The van der Waals surface area contributed by atoms with E-state index in [-0.39, 0.29) is 6.67 Å². The molecule has 1 unspecified atom stereocenters. The quantitative estimate of drug-likeness (QED) is 0.177. The standard InChI is InChI=1S/C21H45FOSi/c1-5-8-9-10-11-12-13-14-15-16-17-18-21(4)23-24(6-2,7-3)20-19-22/h21H,5-20H2,1-4H3. The lowest BCUT2D eigenvalue weighted by Crippen LogP contribution is -2.40. The Labute approximate surface area is 153 Å². The molecule has 0 aliphatic heterocycles. The molecule has 3 heteroatoms. The predicted molar refractivity (Wildman–Crippen MR) is 109 cm³/mol. The van der Waals surface area contributed by atoms with Crippen LogP contribution in [0.4, 0.5) is 4.39 Å². The van der Waals surface area contributed by atoms with Gasteiger partial charge in [-0.2, -0.15) is 0 Å². The minimum absolute atomic E-state index is 0.209. The molecule has 146 valence electrons. The Morgan fingerprint density at radius 2 is 1.21 bits per heavy atom. The zero-order valence-corrected chi connectivity index (χ0v) is 18.2. The largest absolute Gasteiger partial charge is 0.414 e. The van der Waals surface area contributed by atoms with E-state index in [1.165, 1.54) is 70.6 Å². The predicted octanol–water partition coefficient (Wildman–Crippen LogP) is 8.05. The zero-order valence-electron chi connectivity index (χ0n) is 17.2. The fraction of sp³-hybridized carbons (Fsp3) is 1.00. The van der Waals surface area contributed by atoms with Crippen molar-refractivity contribution in [3.8, 4) is 0 Å². The van der Waals surface area contributed by atoms with Crippen LogP contribution in [0.5, 0.6) is 0 Å². The van der Waals surface area contributed by atoms with E-state index >= 15 is 0 Å². The van der Waals surface area contributed by atoms with Gasteiger partial charge >= 0.3 is 0 Å². The van der Waals surface area contributed by atoms with Crippen molar-refractivity contribution in [3.05, 3.63) is 0 Å². The van der Waals surface area contributed by atoms with Gasteiger partial charge in [0.1, 0.15) is 0 Å². The van der Waals surface area contributed by atoms with Crippen LogP contribution >= 0.6 is 0 Å². The Morgan fingerprint density at radius 3 is 1.62 bits per heavy atom. The molecule has 0 aliphatic rings. The SMILES string of the molecule is CCCCCCCCCCCCCC(C)O[Si](CC)(CC)CCF. The molecule has 0 amide bonds. The van der Waals surface area contributed by atoms with E-state index in [4.69, 9.17) is 4.43 Å². The van der Waals surface area contributed by atoms with Crippen molar-refractivity contribution >= 4 is 8.32 Å². The van der Waals surface area contributed by atoms with E-state index in [0.29, 0.717) is 12.1 Å². The second-order valence-electron chi connectivity index (χ2n) is 7.58. The van der Waals surface area contributed by atoms with Gasteiger partial charge in [0.25, 0.3) is 0 Å². The molecule has 0 rings (SSSR count). The maximum Gasteiger partial charge on any atom is 0.195 e. The molecule has 0 aromatic rings. The van der Waals surface area contributed by atoms with Gasteiger partial charge in [0.15, 0.2) is 8.32 Å². The molecule has 0 aromatic heterocycles. The third kappa shape index (κ3) is 12.5. The van der Waals surface area contributed by atoms with Crippen LogP contribution < -0.4 is 0 Å². The van der Waals surface area contributed by atoms with Gasteiger partial charge in [-0.3, -0.25) is 4.39 Å².